The molecule has 2 fully saturated rings. The fraction of sp³-hybridized carbons (Fsp3) is 0.600. The monoisotopic (exact) mass is 554 g/mol. The third kappa shape index (κ3) is 5.42. The highest BCUT2D eigenvalue weighted by Gasteiger charge is 2.42. The summed E-state index contributed by atoms with van der Waals surface area (Å²) in [6.07, 6.45) is 0.707. The molecule has 1 aromatic heterocycles. The number of alkyl carbamates (subject to hydrolysis) is 1. The molecule has 0 unspecified atom stereocenters. The molecule has 0 bridgehead atoms. The lowest BCUT2D eigenvalue weighted by Gasteiger charge is -2.40. The number of amides is 1. The Morgan fingerprint density at radius 1 is 1.21 bits per heavy atom. The van der Waals surface area contributed by atoms with E-state index in [0.717, 1.165) is 27.8 Å². The van der Waals surface area contributed by atoms with Gasteiger partial charge >= 0.3 is 6.09 Å². The molecule has 1 amide bonds. The summed E-state index contributed by atoms with van der Waals surface area (Å²) >= 11 is 0. The molecule has 10 nitrogen and oxygen atoms in total. The van der Waals surface area contributed by atoms with Gasteiger partial charge in [-0.25, -0.2) is 22.0 Å². The normalized spacial score (nSPS) is 26.3. The minimum atomic E-state index is -3.70. The van der Waals surface area contributed by atoms with Gasteiger partial charge in [0.05, 0.1) is 31.1 Å². The molecular weight excluding hydrogens is 522 g/mol. The van der Waals surface area contributed by atoms with E-state index in [1.165, 1.54) is 0 Å². The molecule has 3 aliphatic rings. The number of nitrogens with zero attached hydrogens (tertiary/aromatic N) is 3. The summed E-state index contributed by atoms with van der Waals surface area (Å²) in [5.41, 5.74) is 0.640. The summed E-state index contributed by atoms with van der Waals surface area (Å²) in [6.45, 7) is 6.67. The van der Waals surface area contributed by atoms with Crippen molar-refractivity contribution in [2.75, 3.05) is 19.8 Å². The van der Waals surface area contributed by atoms with Gasteiger partial charge in [0, 0.05) is 36.9 Å². The van der Waals surface area contributed by atoms with Crippen molar-refractivity contribution in [1.82, 2.24) is 19.4 Å². The van der Waals surface area contributed by atoms with Crippen LogP contribution in [0.3, 0.4) is 0 Å². The number of ether oxygens (including phenoxy) is 3. The number of carbonyl (C=O) groups excluding carboxylic acids is 1. The van der Waals surface area contributed by atoms with Gasteiger partial charge in [0.2, 0.25) is 0 Å². The molecular formula is C25H32F2N4O6S. The highest BCUT2D eigenvalue weighted by Crippen LogP contribution is 2.36. The van der Waals surface area contributed by atoms with Crippen LogP contribution >= 0.6 is 0 Å². The molecule has 2 aromatic rings. The Hall–Kier alpha value is -2.61. The number of rotatable bonds is 5. The molecule has 2 saturated heterocycles. The first-order chi connectivity index (χ1) is 17.9. The van der Waals surface area contributed by atoms with E-state index < -0.39 is 50.7 Å². The zero-order chi connectivity index (χ0) is 27.2. The lowest BCUT2D eigenvalue weighted by Crippen LogP contribution is -2.52. The predicted molar refractivity (Wildman–Crippen MR) is 132 cm³/mol. The smallest absolute Gasteiger partial charge is 0.407 e. The van der Waals surface area contributed by atoms with Crippen LogP contribution in [0.1, 0.15) is 56.5 Å². The Morgan fingerprint density at radius 3 is 2.71 bits per heavy atom. The molecule has 13 heteroatoms. The Morgan fingerprint density at radius 2 is 2.00 bits per heavy atom. The quantitative estimate of drug-likeness (QED) is 0.601. The second kappa shape index (κ2) is 10.2. The maximum Gasteiger partial charge on any atom is 0.407 e. The van der Waals surface area contributed by atoms with Gasteiger partial charge in [-0.1, -0.05) is 0 Å². The first-order valence-corrected chi connectivity index (χ1v) is 14.1. The fourth-order valence-corrected chi connectivity index (χ4v) is 6.83. The molecule has 4 heterocycles. The molecule has 1 N–H and O–H groups in total. The third-order valence-corrected chi connectivity index (χ3v) is 9.05. The second-order valence-corrected chi connectivity index (χ2v) is 13.0. The third-order valence-electron chi connectivity index (χ3n) is 7.04. The minimum Gasteiger partial charge on any atom is -0.444 e. The van der Waals surface area contributed by atoms with Gasteiger partial charge in [-0.3, -0.25) is 4.90 Å². The van der Waals surface area contributed by atoms with Crippen LogP contribution in [-0.2, 0) is 37.3 Å². The maximum absolute atomic E-state index is 14.7. The van der Waals surface area contributed by atoms with E-state index in [9.17, 15) is 22.0 Å². The SMILES string of the molecule is CC(C)(C)OC(=O)N[C@H]1C[C@@H](N2Cc3cnn(S(=O)(=O)[C@H]4CCOC4)c3C2)CO[C@@H]1c1cc(F)ccc1F. The molecule has 5 rings (SSSR count). The number of aromatic nitrogens is 2. The summed E-state index contributed by atoms with van der Waals surface area (Å²) in [4.78, 5) is 14.7. The summed E-state index contributed by atoms with van der Waals surface area (Å²) in [5.74, 6) is -1.25. The number of halogens is 2. The number of nitrogens with one attached hydrogen (secondary N) is 1. The number of hydrogen-bond donors (Lipinski definition) is 1. The predicted octanol–water partition coefficient (Wildman–Crippen LogP) is 2.87. The largest absolute Gasteiger partial charge is 0.444 e. The van der Waals surface area contributed by atoms with Gasteiger partial charge in [-0.15, -0.1) is 0 Å². The molecule has 0 spiro atoms. The Kier molecular flexibility index (Phi) is 7.22. The Balaban J connectivity index is 1.35. The summed E-state index contributed by atoms with van der Waals surface area (Å²) in [6, 6.07) is 2.17. The van der Waals surface area contributed by atoms with Crippen LogP contribution < -0.4 is 5.32 Å². The van der Waals surface area contributed by atoms with E-state index in [2.05, 4.69) is 10.4 Å². The first-order valence-electron chi connectivity index (χ1n) is 12.6. The molecule has 0 radical (unpaired) electrons. The zero-order valence-electron chi connectivity index (χ0n) is 21.5. The lowest BCUT2D eigenvalue weighted by molar-refractivity contribution is -0.0629. The first kappa shape index (κ1) is 27.0. The van der Waals surface area contributed by atoms with Crippen LogP contribution in [0.5, 0.6) is 0 Å². The minimum absolute atomic E-state index is 0.00901. The van der Waals surface area contributed by atoms with E-state index >= 15 is 0 Å². The van der Waals surface area contributed by atoms with E-state index in [-0.39, 0.29) is 24.8 Å². The van der Waals surface area contributed by atoms with Crippen LogP contribution in [0.15, 0.2) is 24.4 Å². The van der Waals surface area contributed by atoms with Gasteiger partial charge in [-0.05, 0) is 51.8 Å². The number of benzene rings is 1. The van der Waals surface area contributed by atoms with Gasteiger partial charge in [-0.2, -0.15) is 9.19 Å². The zero-order valence-corrected chi connectivity index (χ0v) is 22.3. The highest BCUT2D eigenvalue weighted by molar-refractivity contribution is 7.90. The van der Waals surface area contributed by atoms with Crippen molar-refractivity contribution in [3.8, 4) is 0 Å². The van der Waals surface area contributed by atoms with Crippen LogP contribution in [0.25, 0.3) is 0 Å². The highest BCUT2D eigenvalue weighted by atomic mass is 32.2. The van der Waals surface area contributed by atoms with E-state index in [1.807, 2.05) is 4.90 Å². The summed E-state index contributed by atoms with van der Waals surface area (Å²) < 4.78 is 72.8. The Labute approximate surface area is 220 Å². The Bertz CT molecular complexity index is 1310. The second-order valence-electron chi connectivity index (χ2n) is 11.0. The van der Waals surface area contributed by atoms with Crippen molar-refractivity contribution in [1.29, 1.82) is 0 Å². The number of fused-ring (bicyclic) bond motifs is 1. The lowest BCUT2D eigenvalue weighted by atomic mass is 9.92. The van der Waals surface area contributed by atoms with Crippen molar-refractivity contribution in [2.24, 2.45) is 0 Å². The van der Waals surface area contributed by atoms with Crippen molar-refractivity contribution in [3.05, 3.63) is 52.9 Å². The fourth-order valence-electron chi connectivity index (χ4n) is 5.22. The standard InChI is InChI=1S/C25H32F2N4O6S/c1-25(2,3)37-24(32)29-21-9-17(13-36-23(21)19-8-16(26)4-5-20(19)27)30-11-15-10-28-31(22(15)12-30)38(33,34)18-6-7-35-14-18/h4-5,8,10,17-18,21,23H,6-7,9,11-14H2,1-3H3,(H,29,32)/t17-,18+,21+,23-/m1/s1. The molecule has 0 saturated carbocycles. The topological polar surface area (TPSA) is 112 Å². The van der Waals surface area contributed by atoms with Crippen molar-refractivity contribution in [3.63, 3.8) is 0 Å². The summed E-state index contributed by atoms with van der Waals surface area (Å²) in [5, 5.41) is 6.30. The van der Waals surface area contributed by atoms with Crippen molar-refractivity contribution >= 4 is 16.1 Å². The molecule has 1 aromatic carbocycles. The molecule has 0 aliphatic carbocycles. The van der Waals surface area contributed by atoms with E-state index in [1.54, 1.807) is 27.0 Å². The van der Waals surface area contributed by atoms with Crippen LogP contribution in [0.4, 0.5) is 13.6 Å². The van der Waals surface area contributed by atoms with Crippen molar-refractivity contribution in [2.45, 2.75) is 75.7 Å². The van der Waals surface area contributed by atoms with Crippen molar-refractivity contribution < 1.29 is 36.2 Å². The average molecular weight is 555 g/mol. The summed E-state index contributed by atoms with van der Waals surface area (Å²) in [7, 11) is -3.70. The number of hydrogen-bond acceptors (Lipinski definition) is 8. The molecule has 4 atom stereocenters. The number of carbonyl (C=O) groups is 1. The van der Waals surface area contributed by atoms with Gasteiger partial charge in [0.1, 0.15) is 28.6 Å². The molecule has 208 valence electrons. The van der Waals surface area contributed by atoms with Crippen LogP contribution in [0, 0.1) is 11.6 Å². The van der Waals surface area contributed by atoms with E-state index in [4.69, 9.17) is 14.2 Å². The van der Waals surface area contributed by atoms with Gasteiger partial charge in [0.15, 0.2) is 0 Å². The van der Waals surface area contributed by atoms with Crippen LogP contribution in [-0.4, -0.2) is 71.4 Å². The van der Waals surface area contributed by atoms with E-state index in [0.29, 0.717) is 38.2 Å². The maximum atomic E-state index is 14.7. The van der Waals surface area contributed by atoms with Gasteiger partial charge < -0.3 is 19.5 Å². The van der Waals surface area contributed by atoms with Gasteiger partial charge in [0.25, 0.3) is 10.0 Å². The average Bonchev–Trinajstić information content (AvgIpc) is 3.57. The van der Waals surface area contributed by atoms with Crippen LogP contribution in [0.2, 0.25) is 0 Å². The molecule has 3 aliphatic heterocycles. The molecule has 38 heavy (non-hydrogen) atoms.